The lowest BCUT2D eigenvalue weighted by Gasteiger charge is -2.42. The predicted molar refractivity (Wildman–Crippen MR) is 80.3 cm³/mol. The molecule has 1 fully saturated rings. The molecule has 5 heteroatoms. The van der Waals surface area contributed by atoms with E-state index >= 15 is 0 Å². The predicted octanol–water partition coefficient (Wildman–Crippen LogP) is 2.60. The molecule has 1 aliphatic rings. The largest absolute Gasteiger partial charge is 0.508 e. The number of amides is 1. The van der Waals surface area contributed by atoms with Crippen molar-refractivity contribution in [2.24, 2.45) is 0 Å². The summed E-state index contributed by atoms with van der Waals surface area (Å²) in [6.07, 6.45) is 0. The van der Waals surface area contributed by atoms with Gasteiger partial charge in [-0.05, 0) is 39.0 Å². The first kappa shape index (κ1) is 15.1. The Balaban J connectivity index is 2.07. The van der Waals surface area contributed by atoms with Gasteiger partial charge in [-0.1, -0.05) is 11.6 Å². The number of carbonyl (C=O) groups excluding carboxylic acids is 1. The summed E-state index contributed by atoms with van der Waals surface area (Å²) in [6, 6.07) is 4.47. The highest BCUT2D eigenvalue weighted by Crippen LogP contribution is 2.24. The maximum absolute atomic E-state index is 12.4. The fraction of sp³-hybridized carbons (Fsp3) is 0.533. The fourth-order valence-corrected chi connectivity index (χ4v) is 2.63. The number of phenolic OH excluding ortho intramolecular Hbond substituents is 1. The topological polar surface area (TPSA) is 43.8 Å². The van der Waals surface area contributed by atoms with Gasteiger partial charge in [0, 0.05) is 31.7 Å². The maximum atomic E-state index is 12.4. The average molecular weight is 297 g/mol. The van der Waals surface area contributed by atoms with Crippen LogP contribution in [-0.2, 0) is 0 Å². The van der Waals surface area contributed by atoms with E-state index in [9.17, 15) is 9.90 Å². The smallest absolute Gasteiger partial charge is 0.255 e. The summed E-state index contributed by atoms with van der Waals surface area (Å²) in [4.78, 5) is 16.6. The minimum absolute atomic E-state index is 0.0612. The maximum Gasteiger partial charge on any atom is 0.255 e. The highest BCUT2D eigenvalue weighted by Gasteiger charge is 2.28. The first-order valence-corrected chi connectivity index (χ1v) is 7.19. The van der Waals surface area contributed by atoms with Crippen LogP contribution in [0, 0.1) is 0 Å². The molecule has 1 aliphatic heterocycles. The SMILES string of the molecule is CC(C)(C)N1CCN(C(=O)c2cc(O)ccc2Cl)CC1. The van der Waals surface area contributed by atoms with Crippen LogP contribution in [0.25, 0.3) is 0 Å². The molecule has 0 bridgehead atoms. The number of rotatable bonds is 1. The Morgan fingerprint density at radius 2 is 1.80 bits per heavy atom. The molecular weight excluding hydrogens is 276 g/mol. The second-order valence-corrected chi connectivity index (χ2v) is 6.52. The molecule has 110 valence electrons. The van der Waals surface area contributed by atoms with Gasteiger partial charge in [0.2, 0.25) is 0 Å². The molecule has 0 aromatic heterocycles. The molecule has 1 heterocycles. The number of piperazine rings is 1. The van der Waals surface area contributed by atoms with Crippen LogP contribution in [-0.4, -0.2) is 52.5 Å². The fourth-order valence-electron chi connectivity index (χ4n) is 2.43. The standard InChI is InChI=1S/C15H21ClN2O2/c1-15(2,3)18-8-6-17(7-9-18)14(20)12-10-11(19)4-5-13(12)16/h4-5,10,19H,6-9H2,1-3H3. The highest BCUT2D eigenvalue weighted by atomic mass is 35.5. The van der Waals surface area contributed by atoms with Gasteiger partial charge in [-0.15, -0.1) is 0 Å². The van der Waals surface area contributed by atoms with Crippen LogP contribution in [0.15, 0.2) is 18.2 Å². The third kappa shape index (κ3) is 3.25. The summed E-state index contributed by atoms with van der Waals surface area (Å²) in [5.41, 5.74) is 0.494. The summed E-state index contributed by atoms with van der Waals surface area (Å²) >= 11 is 6.04. The molecule has 1 amide bonds. The molecule has 1 aromatic carbocycles. The summed E-state index contributed by atoms with van der Waals surface area (Å²) in [5.74, 6) is -0.0504. The second kappa shape index (κ2) is 5.62. The van der Waals surface area contributed by atoms with Crippen LogP contribution < -0.4 is 0 Å². The quantitative estimate of drug-likeness (QED) is 0.866. The third-order valence-corrected chi connectivity index (χ3v) is 4.03. The minimum Gasteiger partial charge on any atom is -0.508 e. The Kier molecular flexibility index (Phi) is 4.25. The molecule has 0 aliphatic carbocycles. The van der Waals surface area contributed by atoms with Crippen molar-refractivity contribution in [3.8, 4) is 5.75 Å². The van der Waals surface area contributed by atoms with Gasteiger partial charge in [0.25, 0.3) is 5.91 Å². The zero-order valence-electron chi connectivity index (χ0n) is 12.2. The third-order valence-electron chi connectivity index (χ3n) is 3.70. The molecule has 4 nitrogen and oxygen atoms in total. The number of hydrogen-bond donors (Lipinski definition) is 1. The van der Waals surface area contributed by atoms with Crippen LogP contribution in [0.2, 0.25) is 5.02 Å². The lowest BCUT2D eigenvalue weighted by atomic mass is 10.0. The second-order valence-electron chi connectivity index (χ2n) is 6.11. The highest BCUT2D eigenvalue weighted by molar-refractivity contribution is 6.33. The molecule has 2 rings (SSSR count). The lowest BCUT2D eigenvalue weighted by molar-refractivity contribution is 0.0451. The van der Waals surface area contributed by atoms with E-state index < -0.39 is 0 Å². The number of halogens is 1. The van der Waals surface area contributed by atoms with E-state index in [0.717, 1.165) is 13.1 Å². The zero-order chi connectivity index (χ0) is 14.9. The summed E-state index contributed by atoms with van der Waals surface area (Å²) in [6.45, 7) is 9.60. The molecule has 1 saturated heterocycles. The van der Waals surface area contributed by atoms with E-state index in [1.807, 2.05) is 0 Å². The van der Waals surface area contributed by atoms with Crippen molar-refractivity contribution in [2.75, 3.05) is 26.2 Å². The number of aromatic hydroxyl groups is 1. The molecule has 1 N–H and O–H groups in total. The van der Waals surface area contributed by atoms with Crippen molar-refractivity contribution in [2.45, 2.75) is 26.3 Å². The Hall–Kier alpha value is -1.26. The Morgan fingerprint density at radius 3 is 2.35 bits per heavy atom. The van der Waals surface area contributed by atoms with E-state index in [0.29, 0.717) is 23.7 Å². The Morgan fingerprint density at radius 1 is 1.20 bits per heavy atom. The summed E-state index contributed by atoms with van der Waals surface area (Å²) in [7, 11) is 0. The van der Waals surface area contributed by atoms with Gasteiger partial charge < -0.3 is 10.0 Å². The molecule has 0 radical (unpaired) electrons. The van der Waals surface area contributed by atoms with Crippen LogP contribution >= 0.6 is 11.6 Å². The minimum atomic E-state index is -0.112. The Bertz CT molecular complexity index is 503. The molecule has 0 unspecified atom stereocenters. The van der Waals surface area contributed by atoms with Crippen LogP contribution in [0.3, 0.4) is 0 Å². The number of hydrogen-bond acceptors (Lipinski definition) is 3. The van der Waals surface area contributed by atoms with Crippen LogP contribution in [0.1, 0.15) is 31.1 Å². The number of benzene rings is 1. The van der Waals surface area contributed by atoms with Crippen molar-refractivity contribution in [1.82, 2.24) is 9.80 Å². The van der Waals surface area contributed by atoms with Crippen molar-refractivity contribution in [1.29, 1.82) is 0 Å². The van der Waals surface area contributed by atoms with Crippen molar-refractivity contribution in [3.63, 3.8) is 0 Å². The van der Waals surface area contributed by atoms with Crippen molar-refractivity contribution >= 4 is 17.5 Å². The Labute approximate surface area is 124 Å². The van der Waals surface area contributed by atoms with Gasteiger partial charge in [0.15, 0.2) is 0 Å². The van der Waals surface area contributed by atoms with Gasteiger partial charge in [-0.2, -0.15) is 0 Å². The van der Waals surface area contributed by atoms with Gasteiger partial charge >= 0.3 is 0 Å². The first-order valence-electron chi connectivity index (χ1n) is 6.82. The van der Waals surface area contributed by atoms with Gasteiger partial charge in [0.1, 0.15) is 5.75 Å². The van der Waals surface area contributed by atoms with E-state index in [1.165, 1.54) is 12.1 Å². The van der Waals surface area contributed by atoms with Crippen LogP contribution in [0.4, 0.5) is 0 Å². The van der Waals surface area contributed by atoms with E-state index in [-0.39, 0.29) is 17.2 Å². The number of nitrogens with zero attached hydrogens (tertiary/aromatic N) is 2. The molecule has 20 heavy (non-hydrogen) atoms. The van der Waals surface area contributed by atoms with E-state index in [2.05, 4.69) is 25.7 Å². The van der Waals surface area contributed by atoms with Crippen LogP contribution in [0.5, 0.6) is 5.75 Å². The summed E-state index contributed by atoms with van der Waals surface area (Å²) < 4.78 is 0. The zero-order valence-corrected chi connectivity index (χ0v) is 12.9. The average Bonchev–Trinajstić information content (AvgIpc) is 2.40. The molecular formula is C15H21ClN2O2. The van der Waals surface area contributed by atoms with E-state index in [1.54, 1.807) is 11.0 Å². The van der Waals surface area contributed by atoms with Gasteiger partial charge in [0.05, 0.1) is 10.6 Å². The number of phenols is 1. The van der Waals surface area contributed by atoms with E-state index in [4.69, 9.17) is 11.6 Å². The summed E-state index contributed by atoms with van der Waals surface area (Å²) in [5, 5.41) is 9.88. The van der Waals surface area contributed by atoms with Gasteiger partial charge in [-0.25, -0.2) is 0 Å². The van der Waals surface area contributed by atoms with Gasteiger partial charge in [-0.3, -0.25) is 9.69 Å². The van der Waals surface area contributed by atoms with Crippen molar-refractivity contribution in [3.05, 3.63) is 28.8 Å². The molecule has 0 spiro atoms. The lowest BCUT2D eigenvalue weighted by Crippen LogP contribution is -2.54. The molecule has 0 atom stereocenters. The monoisotopic (exact) mass is 296 g/mol. The van der Waals surface area contributed by atoms with Crippen molar-refractivity contribution < 1.29 is 9.90 Å². The molecule has 0 saturated carbocycles. The first-order chi connectivity index (χ1) is 9.29. The number of carbonyl (C=O) groups is 1. The normalized spacial score (nSPS) is 17.3. The molecule has 1 aromatic rings.